The third-order valence-corrected chi connectivity index (χ3v) is 5.64. The summed E-state index contributed by atoms with van der Waals surface area (Å²) < 4.78 is 26.8. The van der Waals surface area contributed by atoms with E-state index in [0.29, 0.717) is 21.1 Å². The first-order chi connectivity index (χ1) is 12.9. The van der Waals surface area contributed by atoms with Crippen LogP contribution in [0.5, 0.6) is 0 Å². The fraction of sp³-hybridized carbons (Fsp3) is 0.111. The lowest BCUT2D eigenvalue weighted by atomic mass is 10.1. The molecule has 2 N–H and O–H groups in total. The van der Waals surface area contributed by atoms with Crippen LogP contribution in [0.1, 0.15) is 10.4 Å². The number of halogens is 2. The number of carbonyl (C=O) groups excluding carboxylic acids is 1. The van der Waals surface area contributed by atoms with Gasteiger partial charge in [-0.05, 0) is 36.4 Å². The van der Waals surface area contributed by atoms with Crippen molar-refractivity contribution < 1.29 is 13.2 Å². The molecule has 0 radical (unpaired) electrons. The summed E-state index contributed by atoms with van der Waals surface area (Å²) in [6.07, 6.45) is 1.59. The van der Waals surface area contributed by atoms with Crippen LogP contribution in [0.2, 0.25) is 10.0 Å². The predicted octanol–water partition coefficient (Wildman–Crippen LogP) is 3.25. The number of hydrogen-bond acceptors (Lipinski definition) is 4. The van der Waals surface area contributed by atoms with Gasteiger partial charge in [-0.2, -0.15) is 0 Å². The van der Waals surface area contributed by atoms with E-state index in [1.807, 2.05) is 6.07 Å². The standard InChI is InChI=1S/C18H15Cl2N3O3S/c19-13-4-1-5-15(10-13)27(25,26)23-8-7-22-18(24)16-11-14(20)9-12-3-2-6-21-17(12)16/h1-6,9-11,23H,7-8H2,(H,22,24). The highest BCUT2D eigenvalue weighted by Gasteiger charge is 2.15. The third-order valence-electron chi connectivity index (χ3n) is 3.72. The maximum Gasteiger partial charge on any atom is 0.253 e. The van der Waals surface area contributed by atoms with Gasteiger partial charge in [-0.15, -0.1) is 0 Å². The lowest BCUT2D eigenvalue weighted by molar-refractivity contribution is 0.0956. The first-order valence-electron chi connectivity index (χ1n) is 7.94. The Morgan fingerprint density at radius 3 is 2.59 bits per heavy atom. The van der Waals surface area contributed by atoms with Gasteiger partial charge in [0.25, 0.3) is 5.91 Å². The van der Waals surface area contributed by atoms with Gasteiger partial charge in [0.2, 0.25) is 10.0 Å². The van der Waals surface area contributed by atoms with Crippen molar-refractivity contribution in [2.45, 2.75) is 4.90 Å². The SMILES string of the molecule is O=C(NCCNS(=O)(=O)c1cccc(Cl)c1)c1cc(Cl)cc2cccnc12. The number of fused-ring (bicyclic) bond motifs is 1. The van der Waals surface area contributed by atoms with Crippen LogP contribution in [0.3, 0.4) is 0 Å². The Balaban J connectivity index is 1.64. The Morgan fingerprint density at radius 2 is 1.81 bits per heavy atom. The molecule has 0 atom stereocenters. The van der Waals surface area contributed by atoms with Crippen molar-refractivity contribution in [1.82, 2.24) is 15.0 Å². The molecule has 0 aliphatic rings. The normalized spacial score (nSPS) is 11.5. The van der Waals surface area contributed by atoms with Gasteiger partial charge in [0.05, 0.1) is 16.0 Å². The van der Waals surface area contributed by atoms with E-state index in [1.165, 1.54) is 18.2 Å². The Labute approximate surface area is 166 Å². The van der Waals surface area contributed by atoms with Crippen LogP contribution < -0.4 is 10.0 Å². The van der Waals surface area contributed by atoms with Crippen LogP contribution >= 0.6 is 23.2 Å². The number of pyridine rings is 1. The van der Waals surface area contributed by atoms with Gasteiger partial charge >= 0.3 is 0 Å². The second-order valence-corrected chi connectivity index (χ2v) is 8.28. The van der Waals surface area contributed by atoms with Crippen LogP contribution in [0.25, 0.3) is 10.9 Å². The molecule has 0 aliphatic heterocycles. The summed E-state index contributed by atoms with van der Waals surface area (Å²) in [6.45, 7) is 0.117. The Bertz CT molecular complexity index is 1100. The Kier molecular flexibility index (Phi) is 5.96. The number of amides is 1. The summed E-state index contributed by atoms with van der Waals surface area (Å²) >= 11 is 11.9. The third kappa shape index (κ3) is 4.75. The van der Waals surface area contributed by atoms with Crippen molar-refractivity contribution in [3.8, 4) is 0 Å². The van der Waals surface area contributed by atoms with E-state index in [9.17, 15) is 13.2 Å². The maximum absolute atomic E-state index is 12.4. The fourth-order valence-corrected chi connectivity index (χ4v) is 4.06. The van der Waals surface area contributed by atoms with Crippen molar-refractivity contribution in [3.05, 3.63) is 70.3 Å². The summed E-state index contributed by atoms with van der Waals surface area (Å²) in [4.78, 5) is 16.7. The second kappa shape index (κ2) is 8.22. The number of nitrogens with zero attached hydrogens (tertiary/aromatic N) is 1. The summed E-state index contributed by atoms with van der Waals surface area (Å²) in [5, 5.41) is 4.15. The van der Waals surface area contributed by atoms with Gasteiger partial charge < -0.3 is 5.32 Å². The van der Waals surface area contributed by atoms with Gasteiger partial charge in [0.1, 0.15) is 0 Å². The number of benzene rings is 2. The number of aromatic nitrogens is 1. The average Bonchev–Trinajstić information content (AvgIpc) is 2.64. The molecule has 0 spiro atoms. The average molecular weight is 424 g/mol. The lowest BCUT2D eigenvalue weighted by Crippen LogP contribution is -2.34. The molecule has 0 unspecified atom stereocenters. The molecule has 0 aliphatic carbocycles. The van der Waals surface area contributed by atoms with Crippen LogP contribution in [0.4, 0.5) is 0 Å². The van der Waals surface area contributed by atoms with Crippen molar-refractivity contribution in [3.63, 3.8) is 0 Å². The molecule has 1 amide bonds. The summed E-state index contributed by atoms with van der Waals surface area (Å²) in [6, 6.07) is 12.8. The first-order valence-corrected chi connectivity index (χ1v) is 10.2. The summed E-state index contributed by atoms with van der Waals surface area (Å²) in [5.74, 6) is -0.386. The molecular weight excluding hydrogens is 409 g/mol. The van der Waals surface area contributed by atoms with Crippen LogP contribution in [-0.2, 0) is 10.0 Å². The zero-order valence-electron chi connectivity index (χ0n) is 13.9. The van der Waals surface area contributed by atoms with E-state index >= 15 is 0 Å². The highest BCUT2D eigenvalue weighted by molar-refractivity contribution is 7.89. The van der Waals surface area contributed by atoms with Crippen molar-refractivity contribution >= 4 is 50.0 Å². The molecule has 0 fully saturated rings. The number of rotatable bonds is 6. The molecule has 27 heavy (non-hydrogen) atoms. The van der Waals surface area contributed by atoms with Crippen LogP contribution in [-0.4, -0.2) is 32.4 Å². The van der Waals surface area contributed by atoms with Gasteiger partial charge in [0, 0.05) is 34.7 Å². The van der Waals surface area contributed by atoms with Crippen molar-refractivity contribution in [2.24, 2.45) is 0 Å². The van der Waals surface area contributed by atoms with E-state index < -0.39 is 10.0 Å². The number of sulfonamides is 1. The molecule has 0 bridgehead atoms. The molecule has 6 nitrogen and oxygen atoms in total. The van der Waals surface area contributed by atoms with Gasteiger partial charge in [-0.1, -0.05) is 35.3 Å². The van der Waals surface area contributed by atoms with E-state index in [-0.39, 0.29) is 23.9 Å². The van der Waals surface area contributed by atoms with E-state index in [1.54, 1.807) is 30.5 Å². The zero-order valence-corrected chi connectivity index (χ0v) is 16.3. The lowest BCUT2D eigenvalue weighted by Gasteiger charge is -2.10. The molecule has 0 saturated carbocycles. The second-order valence-electron chi connectivity index (χ2n) is 5.64. The minimum atomic E-state index is -3.71. The van der Waals surface area contributed by atoms with E-state index in [4.69, 9.17) is 23.2 Å². The maximum atomic E-state index is 12.4. The highest BCUT2D eigenvalue weighted by Crippen LogP contribution is 2.22. The Morgan fingerprint density at radius 1 is 1.00 bits per heavy atom. The summed E-state index contributed by atoms with van der Waals surface area (Å²) in [5.41, 5.74) is 0.856. The van der Waals surface area contributed by atoms with Crippen molar-refractivity contribution in [2.75, 3.05) is 13.1 Å². The number of nitrogens with one attached hydrogen (secondary N) is 2. The quantitative estimate of drug-likeness (QED) is 0.595. The minimum absolute atomic E-state index is 0.0204. The molecule has 1 heterocycles. The van der Waals surface area contributed by atoms with Gasteiger partial charge in [0.15, 0.2) is 0 Å². The molecule has 3 aromatic rings. The fourth-order valence-electron chi connectivity index (χ4n) is 2.50. The van der Waals surface area contributed by atoms with E-state index in [0.717, 1.165) is 5.39 Å². The Hall–Kier alpha value is -2.19. The molecular formula is C18H15Cl2N3O3S. The predicted molar refractivity (Wildman–Crippen MR) is 106 cm³/mol. The molecule has 9 heteroatoms. The zero-order chi connectivity index (χ0) is 19.4. The molecule has 3 rings (SSSR count). The smallest absolute Gasteiger partial charge is 0.253 e. The highest BCUT2D eigenvalue weighted by atomic mass is 35.5. The topological polar surface area (TPSA) is 88.2 Å². The molecule has 2 aromatic carbocycles. The minimum Gasteiger partial charge on any atom is -0.351 e. The van der Waals surface area contributed by atoms with Gasteiger partial charge in [-0.3, -0.25) is 9.78 Å². The van der Waals surface area contributed by atoms with Crippen LogP contribution in [0, 0.1) is 0 Å². The van der Waals surface area contributed by atoms with Gasteiger partial charge in [-0.25, -0.2) is 13.1 Å². The van der Waals surface area contributed by atoms with Crippen LogP contribution in [0.15, 0.2) is 59.6 Å². The van der Waals surface area contributed by atoms with E-state index in [2.05, 4.69) is 15.0 Å². The number of hydrogen-bond donors (Lipinski definition) is 2. The molecule has 140 valence electrons. The summed E-state index contributed by atoms with van der Waals surface area (Å²) in [7, 11) is -3.71. The van der Waals surface area contributed by atoms with Crippen molar-refractivity contribution in [1.29, 1.82) is 0 Å². The first kappa shape index (κ1) is 19.6. The molecule has 1 aromatic heterocycles. The molecule has 0 saturated heterocycles. The number of carbonyl (C=O) groups is 1. The monoisotopic (exact) mass is 423 g/mol. The largest absolute Gasteiger partial charge is 0.351 e.